The number of nitriles is 1. The molecule has 2 aromatic carbocycles. The summed E-state index contributed by atoms with van der Waals surface area (Å²) in [6.07, 6.45) is 5.26. The van der Waals surface area contributed by atoms with Gasteiger partial charge in [-0.1, -0.05) is 60.7 Å². The lowest BCUT2D eigenvalue weighted by Crippen LogP contribution is -1.84. The van der Waals surface area contributed by atoms with Gasteiger partial charge in [-0.15, -0.1) is 11.3 Å². The first kappa shape index (κ1) is 16.9. The SMILES string of the molecule is N#C/C(=C\c1cccnc1)c1nc(-c2ccc(-c3ccccc3)cc2)cs1. The minimum absolute atomic E-state index is 0.542. The van der Waals surface area contributed by atoms with Gasteiger partial charge in [-0.25, -0.2) is 4.98 Å². The average Bonchev–Trinajstić information content (AvgIpc) is 3.23. The molecule has 4 aromatic rings. The van der Waals surface area contributed by atoms with Gasteiger partial charge in [0.05, 0.1) is 11.3 Å². The van der Waals surface area contributed by atoms with Gasteiger partial charge in [0.2, 0.25) is 0 Å². The Morgan fingerprint density at radius 1 is 0.889 bits per heavy atom. The lowest BCUT2D eigenvalue weighted by molar-refractivity contribution is 1.32. The Morgan fingerprint density at radius 3 is 2.33 bits per heavy atom. The number of thiazole rings is 1. The van der Waals surface area contributed by atoms with Crippen molar-refractivity contribution in [3.8, 4) is 28.5 Å². The summed E-state index contributed by atoms with van der Waals surface area (Å²) in [6.45, 7) is 0. The zero-order valence-corrected chi connectivity index (χ0v) is 15.2. The van der Waals surface area contributed by atoms with E-state index in [-0.39, 0.29) is 0 Å². The van der Waals surface area contributed by atoms with Crippen LogP contribution in [0.1, 0.15) is 10.6 Å². The van der Waals surface area contributed by atoms with E-state index in [4.69, 9.17) is 0 Å². The second kappa shape index (κ2) is 7.77. The predicted molar refractivity (Wildman–Crippen MR) is 111 cm³/mol. The van der Waals surface area contributed by atoms with Gasteiger partial charge in [-0.2, -0.15) is 5.26 Å². The van der Waals surface area contributed by atoms with Crippen LogP contribution < -0.4 is 0 Å². The first-order valence-electron chi connectivity index (χ1n) is 8.47. The highest BCUT2D eigenvalue weighted by molar-refractivity contribution is 7.11. The van der Waals surface area contributed by atoms with Crippen molar-refractivity contribution in [2.45, 2.75) is 0 Å². The molecule has 0 saturated carbocycles. The van der Waals surface area contributed by atoms with E-state index in [1.165, 1.54) is 22.5 Å². The topological polar surface area (TPSA) is 49.6 Å². The van der Waals surface area contributed by atoms with Gasteiger partial charge in [0.15, 0.2) is 0 Å². The second-order valence-corrected chi connectivity index (χ2v) is 6.80. The van der Waals surface area contributed by atoms with Crippen LogP contribution in [0.25, 0.3) is 34.0 Å². The predicted octanol–water partition coefficient (Wildman–Crippen LogP) is 5.94. The van der Waals surface area contributed by atoms with Gasteiger partial charge in [-0.05, 0) is 28.8 Å². The number of allylic oxidation sites excluding steroid dienone is 1. The maximum atomic E-state index is 9.51. The minimum Gasteiger partial charge on any atom is -0.264 e. The Labute approximate surface area is 161 Å². The van der Waals surface area contributed by atoms with Gasteiger partial charge in [0.25, 0.3) is 0 Å². The van der Waals surface area contributed by atoms with Crippen LogP contribution in [0.5, 0.6) is 0 Å². The highest BCUT2D eigenvalue weighted by atomic mass is 32.1. The van der Waals surface area contributed by atoms with Crippen LogP contribution in [0.15, 0.2) is 84.5 Å². The summed E-state index contributed by atoms with van der Waals surface area (Å²) in [6, 6.07) is 24.6. The van der Waals surface area contributed by atoms with E-state index in [1.807, 2.05) is 41.8 Å². The van der Waals surface area contributed by atoms with E-state index < -0.39 is 0 Å². The number of benzene rings is 2. The molecule has 0 aliphatic heterocycles. The molecule has 0 amide bonds. The van der Waals surface area contributed by atoms with Crippen LogP contribution in [0.4, 0.5) is 0 Å². The largest absolute Gasteiger partial charge is 0.264 e. The normalized spacial score (nSPS) is 11.1. The highest BCUT2D eigenvalue weighted by Crippen LogP contribution is 2.29. The molecule has 0 N–H and O–H groups in total. The van der Waals surface area contributed by atoms with Gasteiger partial charge in [0.1, 0.15) is 11.1 Å². The molecule has 0 aliphatic carbocycles. The van der Waals surface area contributed by atoms with Crippen LogP contribution in [-0.4, -0.2) is 9.97 Å². The first-order valence-corrected chi connectivity index (χ1v) is 9.35. The van der Waals surface area contributed by atoms with E-state index in [2.05, 4.69) is 52.4 Å². The zero-order chi connectivity index (χ0) is 18.5. The van der Waals surface area contributed by atoms with E-state index in [0.717, 1.165) is 16.8 Å². The van der Waals surface area contributed by atoms with E-state index in [1.54, 1.807) is 12.4 Å². The molecule has 0 saturated heterocycles. The Bertz CT molecular complexity index is 1110. The van der Waals surface area contributed by atoms with Crippen molar-refractivity contribution in [1.29, 1.82) is 5.26 Å². The Morgan fingerprint density at radius 2 is 1.63 bits per heavy atom. The summed E-state index contributed by atoms with van der Waals surface area (Å²) in [5.74, 6) is 0. The number of nitrogens with zero attached hydrogens (tertiary/aromatic N) is 3. The number of hydrogen-bond acceptors (Lipinski definition) is 4. The van der Waals surface area contributed by atoms with Gasteiger partial charge in [0, 0.05) is 23.3 Å². The van der Waals surface area contributed by atoms with E-state index in [9.17, 15) is 5.26 Å². The Hall–Kier alpha value is -3.55. The second-order valence-electron chi connectivity index (χ2n) is 5.94. The first-order chi connectivity index (χ1) is 13.3. The summed E-state index contributed by atoms with van der Waals surface area (Å²) in [5, 5.41) is 12.2. The molecule has 0 atom stereocenters. The van der Waals surface area contributed by atoms with Gasteiger partial charge >= 0.3 is 0 Å². The molecule has 0 aliphatic rings. The monoisotopic (exact) mass is 365 g/mol. The molecule has 4 rings (SSSR count). The van der Waals surface area contributed by atoms with Crippen molar-refractivity contribution in [1.82, 2.24) is 9.97 Å². The minimum atomic E-state index is 0.542. The van der Waals surface area contributed by atoms with Crippen LogP contribution in [0.3, 0.4) is 0 Å². The lowest BCUT2D eigenvalue weighted by Gasteiger charge is -2.02. The number of aromatic nitrogens is 2. The third-order valence-corrected chi connectivity index (χ3v) is 5.01. The summed E-state index contributed by atoms with van der Waals surface area (Å²) < 4.78 is 0. The Kier molecular flexibility index (Phi) is 4.86. The zero-order valence-electron chi connectivity index (χ0n) is 14.4. The van der Waals surface area contributed by atoms with Crippen molar-refractivity contribution in [3.05, 3.63) is 95.1 Å². The Balaban J connectivity index is 1.61. The maximum Gasteiger partial charge on any atom is 0.134 e. The number of rotatable bonds is 4. The smallest absolute Gasteiger partial charge is 0.134 e. The fraction of sp³-hybridized carbons (Fsp3) is 0. The summed E-state index contributed by atoms with van der Waals surface area (Å²) >= 11 is 1.47. The summed E-state index contributed by atoms with van der Waals surface area (Å²) in [4.78, 5) is 8.74. The molecular formula is C23H15N3S. The van der Waals surface area contributed by atoms with E-state index >= 15 is 0 Å². The molecular weight excluding hydrogens is 350 g/mol. The molecule has 2 aromatic heterocycles. The third-order valence-electron chi connectivity index (χ3n) is 4.14. The van der Waals surface area contributed by atoms with Crippen molar-refractivity contribution in [3.63, 3.8) is 0 Å². The molecule has 3 nitrogen and oxygen atoms in total. The molecule has 2 heterocycles. The maximum absolute atomic E-state index is 9.51. The standard InChI is InChI=1S/C23H15N3S/c24-14-21(13-17-5-4-12-25-15-17)23-26-22(16-27-23)20-10-8-19(9-11-20)18-6-2-1-3-7-18/h1-13,15-16H/b21-13+. The van der Waals surface area contributed by atoms with Crippen molar-refractivity contribution >= 4 is 23.0 Å². The van der Waals surface area contributed by atoms with Crippen LogP contribution in [0, 0.1) is 11.3 Å². The average molecular weight is 365 g/mol. The lowest BCUT2D eigenvalue weighted by atomic mass is 10.0. The van der Waals surface area contributed by atoms with Gasteiger partial charge < -0.3 is 0 Å². The molecule has 0 spiro atoms. The molecule has 0 bridgehead atoms. The van der Waals surface area contributed by atoms with Crippen molar-refractivity contribution < 1.29 is 0 Å². The molecule has 4 heteroatoms. The third kappa shape index (κ3) is 3.84. The van der Waals surface area contributed by atoms with Crippen LogP contribution in [0.2, 0.25) is 0 Å². The fourth-order valence-corrected chi connectivity index (χ4v) is 3.56. The molecule has 128 valence electrons. The summed E-state index contributed by atoms with van der Waals surface area (Å²) in [5.41, 5.74) is 5.70. The quantitative estimate of drug-likeness (QED) is 0.421. The highest BCUT2D eigenvalue weighted by Gasteiger charge is 2.09. The number of pyridine rings is 1. The van der Waals surface area contributed by atoms with Gasteiger partial charge in [-0.3, -0.25) is 4.98 Å². The molecule has 27 heavy (non-hydrogen) atoms. The van der Waals surface area contributed by atoms with Crippen molar-refractivity contribution in [2.75, 3.05) is 0 Å². The van der Waals surface area contributed by atoms with Crippen LogP contribution in [-0.2, 0) is 0 Å². The molecule has 0 radical (unpaired) electrons. The fourth-order valence-electron chi connectivity index (χ4n) is 2.76. The van der Waals surface area contributed by atoms with Crippen molar-refractivity contribution in [2.24, 2.45) is 0 Å². The molecule has 0 unspecified atom stereocenters. The number of hydrogen-bond donors (Lipinski definition) is 0. The summed E-state index contributed by atoms with van der Waals surface area (Å²) in [7, 11) is 0. The van der Waals surface area contributed by atoms with Crippen LogP contribution >= 0.6 is 11.3 Å². The molecule has 0 fully saturated rings. The van der Waals surface area contributed by atoms with E-state index in [0.29, 0.717) is 10.6 Å².